The summed E-state index contributed by atoms with van der Waals surface area (Å²) in [6, 6.07) is 10.6. The summed E-state index contributed by atoms with van der Waals surface area (Å²) in [5.41, 5.74) is 1.52. The second kappa shape index (κ2) is 6.83. The molecule has 0 saturated carbocycles. The van der Waals surface area contributed by atoms with Gasteiger partial charge in [-0.25, -0.2) is 9.78 Å². The Kier molecular flexibility index (Phi) is 4.70. The summed E-state index contributed by atoms with van der Waals surface area (Å²) in [6.07, 6.45) is 0. The first kappa shape index (κ1) is 18.6. The predicted molar refractivity (Wildman–Crippen MR) is 95.4 cm³/mol. The predicted octanol–water partition coefficient (Wildman–Crippen LogP) is 4.15. The van der Waals surface area contributed by atoms with E-state index in [0.717, 1.165) is 11.6 Å². The summed E-state index contributed by atoms with van der Waals surface area (Å²) < 4.78 is 27.2. The van der Waals surface area contributed by atoms with Crippen LogP contribution in [0.5, 0.6) is 0 Å². The molecule has 0 bridgehead atoms. The summed E-state index contributed by atoms with van der Waals surface area (Å²) in [5.74, 6) is -2.97. The lowest BCUT2D eigenvalue weighted by atomic mass is 9.83. The van der Waals surface area contributed by atoms with Crippen molar-refractivity contribution < 1.29 is 18.7 Å². The summed E-state index contributed by atoms with van der Waals surface area (Å²) in [7, 11) is 0. The molecule has 0 spiro atoms. The summed E-state index contributed by atoms with van der Waals surface area (Å²) >= 11 is 0. The Balaban J connectivity index is 2.12. The van der Waals surface area contributed by atoms with Gasteiger partial charge >= 0.3 is 5.97 Å². The van der Waals surface area contributed by atoms with Crippen molar-refractivity contribution in [1.29, 1.82) is 0 Å². The first-order valence-electron chi connectivity index (χ1n) is 8.21. The SMILES string of the molecule is Cc1cc(-c2ccc(F)nc2F)nc(C(C)(C)c2cccc(C(=O)O)n2)c1. The fourth-order valence-corrected chi connectivity index (χ4v) is 2.76. The van der Waals surface area contributed by atoms with Gasteiger partial charge in [-0.15, -0.1) is 0 Å². The van der Waals surface area contributed by atoms with Crippen molar-refractivity contribution in [2.24, 2.45) is 0 Å². The number of aromatic nitrogens is 3. The molecule has 3 aromatic rings. The minimum atomic E-state index is -1.12. The highest BCUT2D eigenvalue weighted by molar-refractivity contribution is 5.85. The van der Waals surface area contributed by atoms with Gasteiger partial charge in [0.15, 0.2) is 0 Å². The fourth-order valence-electron chi connectivity index (χ4n) is 2.76. The molecule has 0 fully saturated rings. The van der Waals surface area contributed by atoms with Gasteiger partial charge in [-0.1, -0.05) is 6.07 Å². The Labute approximate surface area is 154 Å². The zero-order chi connectivity index (χ0) is 19.8. The van der Waals surface area contributed by atoms with Gasteiger partial charge in [0.05, 0.1) is 22.6 Å². The highest BCUT2D eigenvalue weighted by Gasteiger charge is 2.28. The van der Waals surface area contributed by atoms with Gasteiger partial charge < -0.3 is 5.11 Å². The molecule has 3 aromatic heterocycles. The van der Waals surface area contributed by atoms with Crippen LogP contribution in [0.25, 0.3) is 11.3 Å². The van der Waals surface area contributed by atoms with Crippen LogP contribution in [-0.2, 0) is 5.41 Å². The molecule has 0 amide bonds. The maximum absolute atomic E-state index is 14.1. The molecular formula is C20H17F2N3O2. The highest BCUT2D eigenvalue weighted by atomic mass is 19.1. The smallest absolute Gasteiger partial charge is 0.354 e. The van der Waals surface area contributed by atoms with Crippen LogP contribution in [0.4, 0.5) is 8.78 Å². The van der Waals surface area contributed by atoms with Crippen LogP contribution in [-0.4, -0.2) is 26.0 Å². The number of carboxylic acids is 1. The quantitative estimate of drug-likeness (QED) is 0.699. The van der Waals surface area contributed by atoms with Crippen LogP contribution in [0.15, 0.2) is 42.5 Å². The summed E-state index contributed by atoms with van der Waals surface area (Å²) in [5, 5.41) is 9.18. The number of pyridine rings is 3. The molecule has 27 heavy (non-hydrogen) atoms. The molecule has 3 heterocycles. The van der Waals surface area contributed by atoms with Gasteiger partial charge in [-0.2, -0.15) is 13.8 Å². The number of carbonyl (C=O) groups is 1. The molecule has 0 saturated heterocycles. The molecule has 0 radical (unpaired) electrons. The Hall–Kier alpha value is -3.22. The highest BCUT2D eigenvalue weighted by Crippen LogP contribution is 2.32. The maximum atomic E-state index is 14.1. The molecule has 7 heteroatoms. The van der Waals surface area contributed by atoms with Crippen molar-refractivity contribution in [2.45, 2.75) is 26.2 Å². The molecule has 0 aliphatic heterocycles. The van der Waals surface area contributed by atoms with Gasteiger partial charge in [0.2, 0.25) is 11.9 Å². The van der Waals surface area contributed by atoms with Crippen molar-refractivity contribution in [1.82, 2.24) is 15.0 Å². The van der Waals surface area contributed by atoms with Crippen LogP contribution >= 0.6 is 0 Å². The Morgan fingerprint density at radius 2 is 1.74 bits per heavy atom. The molecule has 0 aromatic carbocycles. The second-order valence-corrected chi connectivity index (χ2v) is 6.73. The van der Waals surface area contributed by atoms with Crippen LogP contribution in [0.3, 0.4) is 0 Å². The number of aryl methyl sites for hydroxylation is 1. The van der Waals surface area contributed by atoms with E-state index in [1.165, 1.54) is 12.1 Å². The lowest BCUT2D eigenvalue weighted by Crippen LogP contribution is -2.23. The van der Waals surface area contributed by atoms with Crippen molar-refractivity contribution in [3.63, 3.8) is 0 Å². The average molecular weight is 369 g/mol. The molecule has 3 rings (SSSR count). The molecule has 0 unspecified atom stereocenters. The number of rotatable bonds is 4. The van der Waals surface area contributed by atoms with Crippen LogP contribution in [0.2, 0.25) is 0 Å². The summed E-state index contributed by atoms with van der Waals surface area (Å²) in [4.78, 5) is 23.2. The van der Waals surface area contributed by atoms with Crippen LogP contribution < -0.4 is 0 Å². The van der Waals surface area contributed by atoms with Crippen molar-refractivity contribution in [3.05, 3.63) is 77.0 Å². The standard InChI is InChI=1S/C20H17F2N3O2/c1-11-9-14(12-7-8-17(21)25-18(12)22)24-16(10-11)20(2,3)15-6-4-5-13(23-15)19(26)27/h4-10H,1-3H3,(H,26,27). The number of aromatic carboxylic acids is 1. The van der Waals surface area contributed by atoms with E-state index in [1.807, 2.05) is 26.8 Å². The van der Waals surface area contributed by atoms with E-state index >= 15 is 0 Å². The number of hydrogen-bond donors (Lipinski definition) is 1. The third-order valence-corrected chi connectivity index (χ3v) is 4.31. The van der Waals surface area contributed by atoms with Crippen molar-refractivity contribution in [3.8, 4) is 11.3 Å². The van der Waals surface area contributed by atoms with Gasteiger partial charge in [0.25, 0.3) is 0 Å². The van der Waals surface area contributed by atoms with E-state index in [-0.39, 0.29) is 11.3 Å². The van der Waals surface area contributed by atoms with Crippen molar-refractivity contribution in [2.75, 3.05) is 0 Å². The van der Waals surface area contributed by atoms with Crippen molar-refractivity contribution >= 4 is 5.97 Å². The third-order valence-electron chi connectivity index (χ3n) is 4.31. The van der Waals surface area contributed by atoms with Gasteiger partial charge in [0, 0.05) is 5.41 Å². The molecule has 0 aliphatic carbocycles. The first-order chi connectivity index (χ1) is 12.7. The van der Waals surface area contributed by atoms with E-state index in [2.05, 4.69) is 15.0 Å². The van der Waals surface area contributed by atoms with E-state index in [0.29, 0.717) is 17.1 Å². The average Bonchev–Trinajstić information content (AvgIpc) is 2.61. The number of halogens is 2. The lowest BCUT2D eigenvalue weighted by Gasteiger charge is -2.25. The molecule has 1 N–H and O–H groups in total. The van der Waals surface area contributed by atoms with Gasteiger partial charge in [0.1, 0.15) is 5.69 Å². The first-order valence-corrected chi connectivity index (χ1v) is 8.21. The molecule has 138 valence electrons. The molecule has 5 nitrogen and oxygen atoms in total. The lowest BCUT2D eigenvalue weighted by molar-refractivity contribution is 0.0690. The van der Waals surface area contributed by atoms with Crippen LogP contribution in [0.1, 0.15) is 41.3 Å². The third kappa shape index (κ3) is 3.67. The minimum absolute atomic E-state index is 0.0674. The largest absolute Gasteiger partial charge is 0.477 e. The Morgan fingerprint density at radius 1 is 1.00 bits per heavy atom. The Morgan fingerprint density at radius 3 is 2.41 bits per heavy atom. The number of nitrogens with zero attached hydrogens (tertiary/aromatic N) is 3. The maximum Gasteiger partial charge on any atom is 0.354 e. The number of hydrogen-bond acceptors (Lipinski definition) is 4. The minimum Gasteiger partial charge on any atom is -0.477 e. The summed E-state index contributed by atoms with van der Waals surface area (Å²) in [6.45, 7) is 5.54. The van der Waals surface area contributed by atoms with Crippen LogP contribution in [0, 0.1) is 18.8 Å². The zero-order valence-electron chi connectivity index (χ0n) is 15.0. The van der Waals surface area contributed by atoms with E-state index in [4.69, 9.17) is 0 Å². The van der Waals surface area contributed by atoms with Gasteiger partial charge in [-0.05, 0) is 62.7 Å². The zero-order valence-corrected chi connectivity index (χ0v) is 15.0. The molecule has 0 aliphatic rings. The Bertz CT molecular complexity index is 1040. The fraction of sp³-hybridized carbons (Fsp3) is 0.200. The normalized spacial score (nSPS) is 11.4. The van der Waals surface area contributed by atoms with E-state index < -0.39 is 23.3 Å². The van der Waals surface area contributed by atoms with E-state index in [9.17, 15) is 18.7 Å². The topological polar surface area (TPSA) is 76.0 Å². The van der Waals surface area contributed by atoms with E-state index in [1.54, 1.807) is 18.2 Å². The monoisotopic (exact) mass is 369 g/mol. The van der Waals surface area contributed by atoms with Gasteiger partial charge in [-0.3, -0.25) is 4.98 Å². The number of carboxylic acid groups (broad SMARTS) is 1. The second-order valence-electron chi connectivity index (χ2n) is 6.73. The molecular weight excluding hydrogens is 352 g/mol. The molecule has 0 atom stereocenters.